The quantitative estimate of drug-likeness (QED) is 0.0301. The number of nitrogens with two attached hydrogens (primary N) is 1. The Morgan fingerprint density at radius 1 is 0.457 bits per heavy atom. The lowest BCUT2D eigenvalue weighted by atomic mass is 10.0. The number of ether oxygens (including phenoxy) is 4. The second-order valence-corrected chi connectivity index (χ2v) is 16.8. The molecule has 11 N–H and O–H groups in total. The van der Waals surface area contributed by atoms with E-state index in [2.05, 4.69) is 26.6 Å². The molecular weight excluding hydrogens is 925 g/mol. The van der Waals surface area contributed by atoms with Gasteiger partial charge in [0.2, 0.25) is 29.5 Å². The van der Waals surface area contributed by atoms with Crippen LogP contribution in [-0.2, 0) is 66.9 Å². The van der Waals surface area contributed by atoms with E-state index in [9.17, 15) is 63.3 Å². The highest BCUT2D eigenvalue weighted by molar-refractivity contribution is 5.87. The zero-order chi connectivity index (χ0) is 52.2. The van der Waals surface area contributed by atoms with Gasteiger partial charge in [0.05, 0.1) is 39.6 Å². The lowest BCUT2D eigenvalue weighted by Gasteiger charge is -2.19. The number of amides is 5. The molecule has 70 heavy (non-hydrogen) atoms. The molecule has 0 spiro atoms. The highest BCUT2D eigenvalue weighted by atomic mass is 16.5. The SMILES string of the molecule is NC(=O)COCCOCCNCC(C=O)C[C@H](NC(=O)CC[C@H](NC(=O)COCCOCCNC(=O)CC[C@H](NC(=O)CCCCCCCCCCCCCCCCC(=O)O)C(=O)O)C(=O)O)C(=O)O. The molecule has 24 heteroatoms. The molecule has 0 aromatic rings. The van der Waals surface area contributed by atoms with Crippen molar-refractivity contribution in [1.82, 2.24) is 26.6 Å². The van der Waals surface area contributed by atoms with E-state index in [4.69, 9.17) is 29.8 Å². The summed E-state index contributed by atoms with van der Waals surface area (Å²) in [7, 11) is 0. The first-order chi connectivity index (χ1) is 33.5. The number of carbonyl (C=O) groups excluding carboxylic acids is 6. The van der Waals surface area contributed by atoms with Gasteiger partial charge in [-0.15, -0.1) is 0 Å². The first kappa shape index (κ1) is 64.7. The number of carboxylic acids is 4. The smallest absolute Gasteiger partial charge is 0.326 e. The van der Waals surface area contributed by atoms with Gasteiger partial charge < -0.3 is 76.5 Å². The second-order valence-electron chi connectivity index (χ2n) is 16.8. The summed E-state index contributed by atoms with van der Waals surface area (Å²) < 4.78 is 20.8. The fourth-order valence-corrected chi connectivity index (χ4v) is 6.79. The molecule has 0 radical (unpaired) electrons. The number of nitrogens with one attached hydrogen (secondary N) is 5. The molecule has 24 nitrogen and oxygen atoms in total. The standard InChI is InChI=1S/C46H80N6O18/c47-38(54)32-69-27-25-67-23-21-48-30-34(31-53)29-37(46(65)66)52-41(57)20-18-36(45(63)64)51-42(58)33-70-28-26-68-24-22-49-39(55)19-17-35(44(61)62)50-40(56)15-13-11-9-7-5-3-1-2-4-6-8-10-12-14-16-43(59)60/h31,34-37,48H,1-30,32-33H2,(H2,47,54)(H,49,55)(H,50,56)(H,51,58)(H,52,57)(H,59,60)(H,61,62)(H,63,64)(H,65,66)/t34?,35-,36-,37-/m0/s1. The maximum Gasteiger partial charge on any atom is 0.326 e. The monoisotopic (exact) mass is 1000 g/mol. The molecule has 1 unspecified atom stereocenters. The Bertz CT molecular complexity index is 1540. The van der Waals surface area contributed by atoms with Gasteiger partial charge in [-0.2, -0.15) is 0 Å². The van der Waals surface area contributed by atoms with Gasteiger partial charge in [-0.3, -0.25) is 28.8 Å². The molecule has 0 heterocycles. The van der Waals surface area contributed by atoms with Crippen molar-refractivity contribution in [3.8, 4) is 0 Å². The molecule has 0 aliphatic carbocycles. The minimum atomic E-state index is -1.50. The Kier molecular flexibility index (Phi) is 40.4. The van der Waals surface area contributed by atoms with Crippen molar-refractivity contribution in [3.05, 3.63) is 0 Å². The highest BCUT2D eigenvalue weighted by Crippen LogP contribution is 2.14. The van der Waals surface area contributed by atoms with E-state index in [0.29, 0.717) is 19.3 Å². The Balaban J connectivity index is 4.16. The zero-order valence-electron chi connectivity index (χ0n) is 40.6. The minimum absolute atomic E-state index is 0.0113. The van der Waals surface area contributed by atoms with Crippen LogP contribution in [0.4, 0.5) is 0 Å². The summed E-state index contributed by atoms with van der Waals surface area (Å²) in [5.41, 5.74) is 4.96. The molecule has 0 saturated heterocycles. The van der Waals surface area contributed by atoms with Gasteiger partial charge in [0.1, 0.15) is 37.6 Å². The van der Waals surface area contributed by atoms with E-state index < -0.39 is 84.6 Å². The van der Waals surface area contributed by atoms with Crippen LogP contribution in [0.3, 0.4) is 0 Å². The second kappa shape index (κ2) is 43.7. The van der Waals surface area contributed by atoms with Gasteiger partial charge >= 0.3 is 23.9 Å². The van der Waals surface area contributed by atoms with Crippen molar-refractivity contribution in [1.29, 1.82) is 0 Å². The molecule has 0 bridgehead atoms. The third-order valence-corrected chi connectivity index (χ3v) is 10.6. The van der Waals surface area contributed by atoms with Gasteiger partial charge in [-0.05, 0) is 32.1 Å². The van der Waals surface area contributed by atoms with E-state index in [1.54, 1.807) is 0 Å². The summed E-state index contributed by atoms with van der Waals surface area (Å²) in [4.78, 5) is 117. The summed E-state index contributed by atoms with van der Waals surface area (Å²) in [6, 6.07) is -4.16. The number of unbranched alkanes of at least 4 members (excludes halogenated alkanes) is 13. The van der Waals surface area contributed by atoms with Crippen molar-refractivity contribution in [2.75, 3.05) is 72.5 Å². The lowest BCUT2D eigenvalue weighted by molar-refractivity contribution is -0.144. The molecule has 0 rings (SSSR count). The summed E-state index contributed by atoms with van der Waals surface area (Å²) in [5, 5.41) is 49.9. The number of carbonyl (C=O) groups is 10. The number of aldehydes is 1. The number of hydrogen-bond acceptors (Lipinski definition) is 15. The van der Waals surface area contributed by atoms with Gasteiger partial charge in [-0.25, -0.2) is 14.4 Å². The largest absolute Gasteiger partial charge is 0.481 e. The first-order valence-electron chi connectivity index (χ1n) is 24.4. The Labute approximate surface area is 409 Å². The average molecular weight is 1010 g/mol. The minimum Gasteiger partial charge on any atom is -0.481 e. The zero-order valence-corrected chi connectivity index (χ0v) is 40.6. The maximum absolute atomic E-state index is 12.5. The average Bonchev–Trinajstić information content (AvgIpc) is 3.30. The number of rotatable bonds is 50. The third-order valence-electron chi connectivity index (χ3n) is 10.6. The van der Waals surface area contributed by atoms with Crippen LogP contribution < -0.4 is 32.3 Å². The van der Waals surface area contributed by atoms with Crippen molar-refractivity contribution >= 4 is 59.7 Å². The van der Waals surface area contributed by atoms with Gasteiger partial charge in [0, 0.05) is 51.2 Å². The van der Waals surface area contributed by atoms with Crippen LogP contribution in [0.1, 0.15) is 135 Å². The Morgan fingerprint density at radius 3 is 1.36 bits per heavy atom. The van der Waals surface area contributed by atoms with Crippen molar-refractivity contribution in [2.45, 2.75) is 153 Å². The molecule has 4 atom stereocenters. The molecule has 0 aliphatic heterocycles. The van der Waals surface area contributed by atoms with Crippen LogP contribution in [0.15, 0.2) is 0 Å². The van der Waals surface area contributed by atoms with Crippen LogP contribution >= 0.6 is 0 Å². The normalized spacial score (nSPS) is 12.7. The molecule has 0 aliphatic rings. The van der Waals surface area contributed by atoms with Gasteiger partial charge in [-0.1, -0.05) is 77.0 Å². The van der Waals surface area contributed by atoms with Gasteiger partial charge in [0.25, 0.3) is 0 Å². The van der Waals surface area contributed by atoms with E-state index in [1.807, 2.05) is 0 Å². The summed E-state index contributed by atoms with van der Waals surface area (Å²) in [6.45, 7) is 0.308. The molecular formula is C46H80N6O18. The first-order valence-corrected chi connectivity index (χ1v) is 24.4. The van der Waals surface area contributed by atoms with E-state index >= 15 is 0 Å². The Hall–Kier alpha value is -5.30. The highest BCUT2D eigenvalue weighted by Gasteiger charge is 2.26. The van der Waals surface area contributed by atoms with E-state index in [0.717, 1.165) is 51.4 Å². The lowest BCUT2D eigenvalue weighted by Crippen LogP contribution is -2.45. The predicted molar refractivity (Wildman–Crippen MR) is 251 cm³/mol. The van der Waals surface area contributed by atoms with E-state index in [-0.39, 0.29) is 104 Å². The Morgan fingerprint density at radius 2 is 0.871 bits per heavy atom. The number of primary amides is 1. The summed E-state index contributed by atoms with van der Waals surface area (Å²) in [6.07, 6.45) is 14.3. The topological polar surface area (TPSA) is 375 Å². The van der Waals surface area contributed by atoms with E-state index in [1.165, 1.54) is 32.1 Å². The van der Waals surface area contributed by atoms with Crippen LogP contribution in [0.25, 0.3) is 0 Å². The molecule has 402 valence electrons. The van der Waals surface area contributed by atoms with Crippen LogP contribution in [0.5, 0.6) is 0 Å². The number of carboxylic acid groups (broad SMARTS) is 4. The summed E-state index contributed by atoms with van der Waals surface area (Å²) in [5.74, 6) is -8.65. The summed E-state index contributed by atoms with van der Waals surface area (Å²) >= 11 is 0. The third kappa shape index (κ3) is 40.6. The van der Waals surface area contributed by atoms with Crippen molar-refractivity contribution in [2.24, 2.45) is 11.7 Å². The fraction of sp³-hybridized carbons (Fsp3) is 0.783. The molecule has 0 aromatic carbocycles. The molecule has 0 fully saturated rings. The molecule has 5 amide bonds. The fourth-order valence-electron chi connectivity index (χ4n) is 6.79. The van der Waals surface area contributed by atoms with Crippen molar-refractivity contribution in [3.63, 3.8) is 0 Å². The van der Waals surface area contributed by atoms with Gasteiger partial charge in [0.15, 0.2) is 0 Å². The van der Waals surface area contributed by atoms with Crippen LogP contribution in [0.2, 0.25) is 0 Å². The number of hydrogen-bond donors (Lipinski definition) is 10. The van der Waals surface area contributed by atoms with Crippen LogP contribution in [0, 0.1) is 5.92 Å². The predicted octanol–water partition coefficient (Wildman–Crippen LogP) is 1.04. The van der Waals surface area contributed by atoms with Crippen LogP contribution in [-0.4, -0.2) is 171 Å². The maximum atomic E-state index is 12.5. The van der Waals surface area contributed by atoms with Crippen molar-refractivity contribution < 1.29 is 87.3 Å². The number of aliphatic carboxylic acids is 4. The molecule has 0 saturated carbocycles. The molecule has 0 aromatic heterocycles.